The van der Waals surface area contributed by atoms with Crippen LogP contribution in [0, 0.1) is 0 Å². The zero-order chi connectivity index (χ0) is 21.6. The van der Waals surface area contributed by atoms with Gasteiger partial charge in [0.05, 0.1) is 0 Å². The maximum Gasteiger partial charge on any atom is 0.281 e. The Hall–Kier alpha value is -0.180. The van der Waals surface area contributed by atoms with Crippen LogP contribution < -0.4 is 0 Å². The molecule has 0 unspecified atom stereocenters. The molecule has 0 aromatic rings. The van der Waals surface area contributed by atoms with Crippen molar-refractivity contribution in [1.29, 1.82) is 0 Å². The highest BCUT2D eigenvalue weighted by Crippen LogP contribution is 2.09. The molecule has 2 nitrogen and oxygen atoms in total. The molecular formula is C9H19NOS. The number of rotatable bonds is 5. The summed E-state index contributed by atoms with van der Waals surface area (Å²) in [5.41, 5.74) is 0. The van der Waals surface area contributed by atoms with Crippen molar-refractivity contribution in [3.63, 3.8) is 0 Å². The molecule has 0 aliphatic carbocycles. The van der Waals surface area contributed by atoms with E-state index in [0.717, 1.165) is 0 Å². The van der Waals surface area contributed by atoms with Crippen LogP contribution >= 0.6 is 11.8 Å². The lowest BCUT2D eigenvalue weighted by Crippen LogP contribution is -2.29. The van der Waals surface area contributed by atoms with Gasteiger partial charge in [0.2, 0.25) is 0 Å². The summed E-state index contributed by atoms with van der Waals surface area (Å²) in [6.45, 7) is -13.7. The van der Waals surface area contributed by atoms with Gasteiger partial charge in [-0.15, -0.1) is 0 Å². The minimum Gasteiger partial charge on any atom is -0.334 e. The average molecular weight is 203 g/mol. The van der Waals surface area contributed by atoms with Crippen molar-refractivity contribution in [2.45, 2.75) is 33.4 Å². The van der Waals surface area contributed by atoms with E-state index in [2.05, 4.69) is 0 Å². The highest BCUT2D eigenvalue weighted by molar-refractivity contribution is 8.13. The fraction of sp³-hybridized carbons (Fsp3) is 0.889. The summed E-state index contributed by atoms with van der Waals surface area (Å²) in [6, 6.07) is 0. The fourth-order valence-electron chi connectivity index (χ4n) is 0.419. The molecule has 12 heavy (non-hydrogen) atoms. The van der Waals surface area contributed by atoms with Crippen LogP contribution in [0.3, 0.4) is 0 Å². The molecule has 72 valence electrons. The molecule has 0 bridgehead atoms. The Labute approximate surface area is 99.4 Å². The topological polar surface area (TPSA) is 20.3 Å². The van der Waals surface area contributed by atoms with Gasteiger partial charge in [0.1, 0.15) is 0 Å². The maximum absolute atomic E-state index is 12.3. The second-order valence-corrected chi connectivity index (χ2v) is 2.72. The van der Waals surface area contributed by atoms with Crippen LogP contribution in [0.4, 0.5) is 4.79 Å². The van der Waals surface area contributed by atoms with E-state index in [1.165, 1.54) is 6.92 Å². The highest BCUT2D eigenvalue weighted by Gasteiger charge is 2.09. The maximum atomic E-state index is 12.3. The third-order valence-corrected chi connectivity index (χ3v) is 1.50. The van der Waals surface area contributed by atoms with Gasteiger partial charge in [-0.1, -0.05) is 32.4 Å². The van der Waals surface area contributed by atoms with E-state index in [1.54, 1.807) is 0 Å². The second-order valence-electron chi connectivity index (χ2n) is 1.51. The molecular weight excluding hydrogens is 170 g/mol. The molecule has 0 radical (unpaired) electrons. The molecule has 1 amide bonds. The first-order valence-corrected chi connectivity index (χ1v) is 4.06. The van der Waals surface area contributed by atoms with Crippen LogP contribution in [0.1, 0.15) is 52.6 Å². The summed E-state index contributed by atoms with van der Waals surface area (Å²) in [4.78, 5) is 11.7. The molecule has 3 heteroatoms. The lowest BCUT2D eigenvalue weighted by Gasteiger charge is -2.20. The summed E-state index contributed by atoms with van der Waals surface area (Å²) in [7, 11) is 0. The second kappa shape index (κ2) is 7.47. The Bertz CT molecular complexity index is 485. The Balaban J connectivity index is 6.68. The molecule has 0 atom stereocenters. The molecule has 0 saturated heterocycles. The van der Waals surface area contributed by atoms with Crippen LogP contribution in [0.15, 0.2) is 0 Å². The summed E-state index contributed by atoms with van der Waals surface area (Å²) >= 11 is 0.253. The normalized spacial score (nSPS) is 34.1. The minimum absolute atomic E-state index is 0.0605. The van der Waals surface area contributed by atoms with E-state index in [-0.39, 0.29) is 17.5 Å². The molecule has 0 aliphatic rings. The Morgan fingerprint density at radius 1 is 1.50 bits per heavy atom. The van der Waals surface area contributed by atoms with Crippen molar-refractivity contribution in [3.8, 4) is 0 Å². The van der Waals surface area contributed by atoms with Gasteiger partial charge in [-0.3, -0.25) is 4.79 Å². The number of thioether (sulfide) groups is 1. The largest absolute Gasteiger partial charge is 0.334 e. The van der Waals surface area contributed by atoms with Crippen LogP contribution in [0.2, 0.25) is 0 Å². The average Bonchev–Trinajstić information content (AvgIpc) is 2.34. The fourth-order valence-corrected chi connectivity index (χ4v) is 0.886. The van der Waals surface area contributed by atoms with Gasteiger partial charge in [-0.2, -0.15) is 0 Å². The van der Waals surface area contributed by atoms with E-state index in [0.29, 0.717) is 0 Å². The number of carbonyl (C=O) groups excluding carboxylic acids is 1. The molecule has 0 aliphatic heterocycles. The van der Waals surface area contributed by atoms with Crippen molar-refractivity contribution in [1.82, 2.24) is 4.90 Å². The van der Waals surface area contributed by atoms with Gasteiger partial charge < -0.3 is 4.90 Å². The van der Waals surface area contributed by atoms with Gasteiger partial charge in [0.15, 0.2) is 0 Å². The standard InChI is InChI=1S/C9H19NOS/c1-4-7-10(8-5-2)9(11)12-6-3/h4-8H2,1-3H3/i1D3,2D3,4D2,5D2,7D2,8D2. The predicted octanol–water partition coefficient (Wildman–Crippen LogP) is 2.98. The monoisotopic (exact) mass is 203 g/mol. The molecule has 0 N–H and O–H groups in total. The Morgan fingerprint density at radius 2 is 2.08 bits per heavy atom. The summed E-state index contributed by atoms with van der Waals surface area (Å²) in [5.74, 6) is -0.0605. The third kappa shape index (κ3) is 4.65. The first-order chi connectivity index (χ1) is 11.1. The van der Waals surface area contributed by atoms with Gasteiger partial charge in [0, 0.05) is 32.2 Å². The van der Waals surface area contributed by atoms with Gasteiger partial charge >= 0.3 is 0 Å². The van der Waals surface area contributed by atoms with Crippen molar-refractivity contribution in [3.05, 3.63) is 0 Å². The van der Waals surface area contributed by atoms with Gasteiger partial charge in [-0.25, -0.2) is 0 Å². The molecule has 0 aromatic carbocycles. The molecule has 0 heterocycles. The van der Waals surface area contributed by atoms with Gasteiger partial charge in [0.25, 0.3) is 5.24 Å². The van der Waals surface area contributed by atoms with E-state index in [9.17, 15) is 4.79 Å². The molecule has 0 spiro atoms. The first kappa shape index (κ1) is 2.25. The lowest BCUT2D eigenvalue weighted by atomic mass is 10.4. The van der Waals surface area contributed by atoms with Crippen LogP contribution in [0.5, 0.6) is 0 Å². The van der Waals surface area contributed by atoms with E-state index >= 15 is 0 Å². The number of hydrogen-bond donors (Lipinski definition) is 0. The minimum atomic E-state index is -3.90. The quantitative estimate of drug-likeness (QED) is 0.684. The summed E-state index contributed by atoms with van der Waals surface area (Å²) in [5, 5.41) is -1.54. The number of hydrogen-bond acceptors (Lipinski definition) is 2. The molecule has 0 fully saturated rings. The number of amides is 1. The zero-order valence-electron chi connectivity index (χ0n) is 20.5. The molecule has 0 aromatic heterocycles. The van der Waals surface area contributed by atoms with Crippen molar-refractivity contribution in [2.24, 2.45) is 0 Å². The molecule has 0 saturated carbocycles. The summed E-state index contributed by atoms with van der Waals surface area (Å²) in [6.07, 6.45) is -7.66. The Kier molecular flexibility index (Phi) is 1.40. The van der Waals surface area contributed by atoms with Crippen LogP contribution in [0.25, 0.3) is 0 Å². The number of carbonyl (C=O) groups is 1. The lowest BCUT2D eigenvalue weighted by molar-refractivity contribution is 0.223. The van der Waals surface area contributed by atoms with E-state index < -0.39 is 49.6 Å². The predicted molar refractivity (Wildman–Crippen MR) is 55.7 cm³/mol. The highest BCUT2D eigenvalue weighted by atomic mass is 32.2. The third-order valence-electron chi connectivity index (χ3n) is 0.786. The van der Waals surface area contributed by atoms with E-state index in [1.807, 2.05) is 0 Å². The van der Waals surface area contributed by atoms with Crippen molar-refractivity contribution >= 4 is 17.0 Å². The zero-order valence-corrected chi connectivity index (χ0v) is 7.29. The SMILES string of the molecule is [2H]C([2H])([2H])C([2H])([2H])C([2H])([2H])N(C(=O)SCC)C([2H])([2H])C([2H])([2H])C([2H])([2H])[2H]. The van der Waals surface area contributed by atoms with E-state index in [4.69, 9.17) is 19.2 Å². The molecule has 0 rings (SSSR count). The van der Waals surface area contributed by atoms with Crippen molar-refractivity contribution in [2.75, 3.05) is 18.7 Å². The number of nitrogens with zero attached hydrogens (tertiary/aromatic N) is 1. The van der Waals surface area contributed by atoms with Crippen LogP contribution in [-0.2, 0) is 0 Å². The first-order valence-electron chi connectivity index (χ1n) is 10.1. The smallest absolute Gasteiger partial charge is 0.281 e. The Morgan fingerprint density at radius 3 is 2.50 bits per heavy atom. The van der Waals surface area contributed by atoms with Gasteiger partial charge in [-0.05, 0) is 18.5 Å². The van der Waals surface area contributed by atoms with Crippen LogP contribution in [-0.4, -0.2) is 28.9 Å². The van der Waals surface area contributed by atoms with Crippen molar-refractivity contribution < 1.29 is 24.0 Å². The summed E-state index contributed by atoms with van der Waals surface area (Å²) < 4.78 is 105.